The number of likely N-dealkylation sites (tertiary alicyclic amines) is 1. The number of hydrogen-bond acceptors (Lipinski definition) is 25. The molecule has 33 heteroatoms. The zero-order valence-corrected chi connectivity index (χ0v) is 59.6. The highest BCUT2D eigenvalue weighted by Crippen LogP contribution is 2.38. The molecule has 4 aromatic heterocycles. The smallest absolute Gasteiger partial charge is 0.270 e. The van der Waals surface area contributed by atoms with Gasteiger partial charge in [0.2, 0.25) is 23.6 Å². The maximum Gasteiger partial charge on any atom is 0.270 e. The van der Waals surface area contributed by atoms with Crippen molar-refractivity contribution >= 4 is 110 Å². The SMILES string of the molecule is O=C1CCC(N2C(=O)c3ccc(N4CCC(CN5CC(N6CCN(c7cc(-c8n[nH]c9ccc([N+](=O)[O-])cc89)ccn7)CC6)C5)CC4)cc3C2=O)C(=O)N1.O=CC1CCN(c2ccc3c(c2)C(=O)N(C2CCC(=O)NC2=O)C3=O)CC1.O=[N+]([O-])c1ccc2[nH]nc(-c3ccnc(N4CCN(C5CNC5)CC4)c3)c2c1. The van der Waals surface area contributed by atoms with Crippen molar-refractivity contribution < 1.29 is 53.0 Å². The van der Waals surface area contributed by atoms with Crippen molar-refractivity contribution in [1.29, 1.82) is 0 Å². The topological polar surface area (TPSA) is 388 Å². The largest absolute Gasteiger partial charge is 0.371 e. The lowest BCUT2D eigenvalue weighted by atomic mass is 9.93. The highest BCUT2D eigenvalue weighted by atomic mass is 16.6. The first kappa shape index (κ1) is 71.4. The average molecular weight is 1480 g/mol. The van der Waals surface area contributed by atoms with E-state index in [9.17, 15) is 63.4 Å². The van der Waals surface area contributed by atoms with E-state index >= 15 is 0 Å². The Bertz CT molecular complexity index is 4980. The Hall–Kier alpha value is -11.8. The Morgan fingerprint density at radius 1 is 0.468 bits per heavy atom. The summed E-state index contributed by atoms with van der Waals surface area (Å²) in [5.74, 6) is -1.50. The van der Waals surface area contributed by atoms with Crippen molar-refractivity contribution in [3.05, 3.63) is 152 Å². The van der Waals surface area contributed by atoms with E-state index in [4.69, 9.17) is 0 Å². The van der Waals surface area contributed by atoms with Gasteiger partial charge in [-0.25, -0.2) is 9.97 Å². The van der Waals surface area contributed by atoms with Gasteiger partial charge in [-0.3, -0.25) is 104 Å². The Morgan fingerprint density at radius 2 is 0.908 bits per heavy atom. The van der Waals surface area contributed by atoms with Gasteiger partial charge in [-0.1, -0.05) is 0 Å². The zero-order chi connectivity index (χ0) is 75.3. The number of carbonyl (C=O) groups is 9. The lowest BCUT2D eigenvalue weighted by Gasteiger charge is -2.49. The van der Waals surface area contributed by atoms with Gasteiger partial charge in [0.15, 0.2) is 0 Å². The third-order valence-corrected chi connectivity index (χ3v) is 23.0. The van der Waals surface area contributed by atoms with E-state index in [2.05, 4.69) is 80.6 Å². The molecule has 14 heterocycles. The summed E-state index contributed by atoms with van der Waals surface area (Å²) in [4.78, 5) is 160. The van der Waals surface area contributed by atoms with Crippen molar-refractivity contribution in [2.24, 2.45) is 11.8 Å². The van der Waals surface area contributed by atoms with Crippen LogP contribution in [-0.4, -0.2) is 254 Å². The first-order chi connectivity index (χ1) is 52.9. The summed E-state index contributed by atoms with van der Waals surface area (Å²) in [6, 6.07) is 27.0. The van der Waals surface area contributed by atoms with Gasteiger partial charge in [-0.05, 0) is 117 Å². The van der Waals surface area contributed by atoms with Gasteiger partial charge in [0, 0.05) is 212 Å². The molecule has 0 aliphatic carbocycles. The number of benzene rings is 4. The fourth-order valence-electron chi connectivity index (χ4n) is 16.6. The molecule has 8 fully saturated rings. The maximum atomic E-state index is 13.3. The number of amides is 8. The summed E-state index contributed by atoms with van der Waals surface area (Å²) < 4.78 is 0. The molecule has 4 aromatic carbocycles. The van der Waals surface area contributed by atoms with E-state index in [1.807, 2.05) is 30.3 Å². The molecular weight excluding hydrogens is 1400 g/mol. The van der Waals surface area contributed by atoms with Crippen LogP contribution in [0.5, 0.6) is 0 Å². The standard InChI is InChI=1S/C38H40N10O6.C19H21N7O2.C19H19N3O5/c49-34-6-5-32(36(50)40-34)47-37(51)28-3-1-25(18-29(28)38(47)52)44-11-8-23(9-12-44)20-43-21-27(22-43)45-13-15-46(16-14-45)33-17-24(7-10-39-33)35-30-19-26(48(53)54)2-4-31(30)41-42-35;27-26(28)14-1-2-17-16(10-14)19(23-22-17)13-3-4-21-18(9-13)25-7-5-24(6-8-25)15-11-20-12-15;23-10-11-5-7-21(8-6-11)12-1-2-13-14(9-12)19(27)22(18(13)26)15-3-4-16(24)20-17(15)25/h1-4,7,10,17-19,23,27,32H,5-6,8-9,11-16,20-22H2,(H,41,42)(H,40,49,50);1-4,9-10,15,20H,5-8,11-12H2,(H,22,23);1-2,9-11,15H,3-8H2,(H,20,24,25). The van der Waals surface area contributed by atoms with Crippen LogP contribution >= 0.6 is 0 Å². The van der Waals surface area contributed by atoms with E-state index in [-0.39, 0.29) is 64.9 Å². The number of imide groups is 4. The van der Waals surface area contributed by atoms with E-state index in [1.54, 1.807) is 67.0 Å². The molecule has 8 saturated heterocycles. The van der Waals surface area contributed by atoms with E-state index in [0.29, 0.717) is 59.0 Å². The molecule has 2 atom stereocenters. The molecule has 10 aliphatic rings. The van der Waals surface area contributed by atoms with Crippen LogP contribution in [0.3, 0.4) is 0 Å². The summed E-state index contributed by atoms with van der Waals surface area (Å²) in [7, 11) is 0. The third-order valence-electron chi connectivity index (χ3n) is 23.0. The molecular formula is C76H80N20O13. The molecule has 18 rings (SSSR count). The second-order valence-electron chi connectivity index (χ2n) is 29.4. The monoisotopic (exact) mass is 1480 g/mol. The number of aromatic nitrogens is 6. The number of fused-ring (bicyclic) bond motifs is 4. The highest BCUT2D eigenvalue weighted by Gasteiger charge is 2.47. The summed E-state index contributed by atoms with van der Waals surface area (Å²) in [5.41, 5.74) is 7.68. The molecule has 0 radical (unpaired) electrons. The van der Waals surface area contributed by atoms with Crippen molar-refractivity contribution in [2.75, 3.05) is 131 Å². The normalized spacial score (nSPS) is 21.4. The van der Waals surface area contributed by atoms with E-state index < -0.39 is 58.4 Å². The number of nitrogens with zero attached hydrogens (tertiary/aromatic N) is 15. The molecule has 0 bridgehead atoms. The quantitative estimate of drug-likeness (QED) is 0.0399. The number of piperazine rings is 2. The molecule has 562 valence electrons. The molecule has 8 aromatic rings. The minimum absolute atomic E-state index is 0.0326. The van der Waals surface area contributed by atoms with Gasteiger partial charge in [0.25, 0.3) is 35.0 Å². The van der Waals surface area contributed by atoms with Crippen molar-refractivity contribution in [2.45, 2.75) is 75.5 Å². The molecule has 0 spiro atoms. The van der Waals surface area contributed by atoms with Crippen LogP contribution in [0.1, 0.15) is 92.8 Å². The molecule has 0 saturated carbocycles. The number of nitro groups is 2. The number of pyridine rings is 2. The first-order valence-electron chi connectivity index (χ1n) is 37.1. The predicted octanol–water partition coefficient (Wildman–Crippen LogP) is 4.79. The van der Waals surface area contributed by atoms with Gasteiger partial charge in [-0.15, -0.1) is 0 Å². The number of carbonyl (C=O) groups excluding carboxylic acids is 9. The van der Waals surface area contributed by atoms with Crippen LogP contribution in [0.4, 0.5) is 34.4 Å². The Morgan fingerprint density at radius 3 is 1.33 bits per heavy atom. The van der Waals surface area contributed by atoms with Gasteiger partial charge < -0.3 is 29.7 Å². The van der Waals surface area contributed by atoms with Crippen LogP contribution < -0.4 is 35.6 Å². The van der Waals surface area contributed by atoms with Crippen LogP contribution in [0.15, 0.2) is 109 Å². The molecule has 8 amide bonds. The van der Waals surface area contributed by atoms with Crippen molar-refractivity contribution in [3.8, 4) is 22.5 Å². The number of H-pyrrole nitrogens is 2. The number of non-ortho nitro benzene ring substituents is 2. The zero-order valence-electron chi connectivity index (χ0n) is 59.6. The predicted molar refractivity (Wildman–Crippen MR) is 399 cm³/mol. The molecule has 2 unspecified atom stereocenters. The maximum absolute atomic E-state index is 13.3. The number of hydrogen-bond donors (Lipinski definition) is 5. The van der Waals surface area contributed by atoms with Crippen LogP contribution in [0, 0.1) is 32.1 Å². The summed E-state index contributed by atoms with van der Waals surface area (Å²) in [6.07, 6.45) is 8.63. The number of rotatable bonds is 15. The summed E-state index contributed by atoms with van der Waals surface area (Å²) in [6.45, 7) is 16.2. The summed E-state index contributed by atoms with van der Waals surface area (Å²) in [5, 5.41) is 46.5. The Kier molecular flexibility index (Phi) is 19.7. The van der Waals surface area contributed by atoms with Crippen molar-refractivity contribution in [1.82, 2.24) is 70.8 Å². The number of anilines is 4. The van der Waals surface area contributed by atoms with Crippen LogP contribution in [0.25, 0.3) is 44.3 Å². The number of nitrogens with one attached hydrogen (secondary N) is 5. The number of nitro benzene ring substituents is 2. The van der Waals surface area contributed by atoms with Gasteiger partial charge in [-0.2, -0.15) is 10.2 Å². The second kappa shape index (κ2) is 30.1. The van der Waals surface area contributed by atoms with Gasteiger partial charge >= 0.3 is 0 Å². The summed E-state index contributed by atoms with van der Waals surface area (Å²) >= 11 is 0. The van der Waals surface area contributed by atoms with Crippen LogP contribution in [-0.2, 0) is 24.0 Å². The van der Waals surface area contributed by atoms with E-state index in [0.717, 1.165) is 190 Å². The Labute approximate surface area is 623 Å². The van der Waals surface area contributed by atoms with Gasteiger partial charge in [0.05, 0.1) is 43.1 Å². The van der Waals surface area contributed by atoms with Gasteiger partial charge in [0.1, 0.15) is 41.4 Å². The lowest BCUT2D eigenvalue weighted by Crippen LogP contribution is -2.63. The number of aromatic amines is 2. The molecule has 10 aliphatic heterocycles. The minimum Gasteiger partial charge on any atom is -0.371 e. The van der Waals surface area contributed by atoms with Crippen LogP contribution in [0.2, 0.25) is 0 Å². The molecule has 33 nitrogen and oxygen atoms in total. The second-order valence-corrected chi connectivity index (χ2v) is 29.4. The third kappa shape index (κ3) is 14.3. The highest BCUT2D eigenvalue weighted by molar-refractivity contribution is 6.25. The van der Waals surface area contributed by atoms with Crippen molar-refractivity contribution in [3.63, 3.8) is 0 Å². The first-order valence-corrected chi connectivity index (χ1v) is 37.1. The Balaban J connectivity index is 0.000000138. The number of aldehydes is 1. The fraction of sp³-hybridized carbons (Fsp3) is 0.408. The average Bonchev–Trinajstić information content (AvgIpc) is 1.62. The molecule has 109 heavy (non-hydrogen) atoms. The molecule has 5 N–H and O–H groups in total. The van der Waals surface area contributed by atoms with E-state index in [1.165, 1.54) is 12.1 Å². The fourth-order valence-corrected chi connectivity index (χ4v) is 16.6. The lowest BCUT2D eigenvalue weighted by molar-refractivity contribution is -0.384. The minimum atomic E-state index is -0.965. The number of piperidine rings is 4.